The second-order valence-electron chi connectivity index (χ2n) is 16.5. The Balaban J connectivity index is 1.13. The quantitative estimate of drug-likeness (QED) is 0.165. The maximum Gasteiger partial charge on any atom is 0.0543 e. The van der Waals surface area contributed by atoms with E-state index in [0.717, 1.165) is 11.4 Å². The fraction of sp³-hybridized carbons (Fsp3) is 0.111. The van der Waals surface area contributed by atoms with Crippen LogP contribution in [-0.2, 0) is 10.8 Å². The molecule has 0 fully saturated rings. The SMILES string of the molecule is CC1(C)c2ccccc2-c2cc(N(c3ccc(-c4cc5ccccc5c5c4ccc4ccccc45)cc3)c3cccc4c3-c3ccccc3C4(C)C)ccc21. The Morgan fingerprint density at radius 2 is 0.945 bits per heavy atom. The molecule has 262 valence electrons. The van der Waals surface area contributed by atoms with E-state index in [-0.39, 0.29) is 10.8 Å². The lowest BCUT2D eigenvalue weighted by molar-refractivity contribution is 0.660. The predicted molar refractivity (Wildman–Crippen MR) is 234 cm³/mol. The van der Waals surface area contributed by atoms with Gasteiger partial charge < -0.3 is 4.90 Å². The zero-order valence-electron chi connectivity index (χ0n) is 31.7. The van der Waals surface area contributed by atoms with Crippen molar-refractivity contribution in [1.29, 1.82) is 0 Å². The molecule has 0 spiro atoms. The molecule has 9 aromatic carbocycles. The molecular formula is C54H41N. The third-order valence-corrected chi connectivity index (χ3v) is 12.8. The minimum absolute atomic E-state index is 0.0537. The molecule has 2 aliphatic rings. The number of benzene rings is 9. The number of hydrogen-bond acceptors (Lipinski definition) is 1. The van der Waals surface area contributed by atoms with Gasteiger partial charge in [0.2, 0.25) is 0 Å². The van der Waals surface area contributed by atoms with Gasteiger partial charge in [-0.05, 0) is 119 Å². The third kappa shape index (κ3) is 4.53. The molecule has 1 heteroatoms. The van der Waals surface area contributed by atoms with Crippen molar-refractivity contribution in [3.63, 3.8) is 0 Å². The van der Waals surface area contributed by atoms with E-state index in [0.29, 0.717) is 0 Å². The molecule has 0 aromatic heterocycles. The molecule has 0 amide bonds. The molecule has 1 nitrogen and oxygen atoms in total. The zero-order chi connectivity index (χ0) is 37.1. The van der Waals surface area contributed by atoms with Crippen LogP contribution in [0, 0.1) is 0 Å². The second-order valence-corrected chi connectivity index (χ2v) is 16.5. The first-order valence-corrected chi connectivity index (χ1v) is 19.5. The lowest BCUT2D eigenvalue weighted by Crippen LogP contribution is -2.16. The van der Waals surface area contributed by atoms with E-state index in [9.17, 15) is 0 Å². The summed E-state index contributed by atoms with van der Waals surface area (Å²) in [5.41, 5.74) is 16.7. The maximum atomic E-state index is 2.50. The van der Waals surface area contributed by atoms with Crippen LogP contribution in [0.2, 0.25) is 0 Å². The average Bonchev–Trinajstić information content (AvgIpc) is 3.60. The van der Waals surface area contributed by atoms with E-state index in [1.54, 1.807) is 0 Å². The van der Waals surface area contributed by atoms with Crippen LogP contribution in [-0.4, -0.2) is 0 Å². The normalized spacial score (nSPS) is 14.5. The van der Waals surface area contributed by atoms with Gasteiger partial charge in [0.15, 0.2) is 0 Å². The van der Waals surface area contributed by atoms with Gasteiger partial charge in [0.1, 0.15) is 0 Å². The topological polar surface area (TPSA) is 3.24 Å². The van der Waals surface area contributed by atoms with Crippen molar-refractivity contribution in [2.24, 2.45) is 0 Å². The first-order valence-electron chi connectivity index (χ1n) is 19.5. The number of rotatable bonds is 4. The number of anilines is 3. The van der Waals surface area contributed by atoms with Crippen molar-refractivity contribution in [3.05, 3.63) is 198 Å². The summed E-state index contributed by atoms with van der Waals surface area (Å²) in [5, 5.41) is 7.71. The van der Waals surface area contributed by atoms with E-state index in [2.05, 4.69) is 209 Å². The summed E-state index contributed by atoms with van der Waals surface area (Å²) < 4.78 is 0. The van der Waals surface area contributed by atoms with Crippen LogP contribution in [0.4, 0.5) is 17.1 Å². The molecule has 0 unspecified atom stereocenters. The zero-order valence-corrected chi connectivity index (χ0v) is 31.7. The van der Waals surface area contributed by atoms with Crippen LogP contribution in [0.3, 0.4) is 0 Å². The van der Waals surface area contributed by atoms with E-state index in [4.69, 9.17) is 0 Å². The molecule has 0 saturated heterocycles. The fourth-order valence-electron chi connectivity index (χ4n) is 10.1. The van der Waals surface area contributed by atoms with Gasteiger partial charge in [-0.2, -0.15) is 0 Å². The minimum Gasteiger partial charge on any atom is -0.310 e. The largest absolute Gasteiger partial charge is 0.310 e. The van der Waals surface area contributed by atoms with Gasteiger partial charge in [-0.3, -0.25) is 0 Å². The summed E-state index contributed by atoms with van der Waals surface area (Å²) in [6, 6.07) is 65.9. The van der Waals surface area contributed by atoms with Crippen molar-refractivity contribution < 1.29 is 0 Å². The highest BCUT2D eigenvalue weighted by atomic mass is 15.1. The van der Waals surface area contributed by atoms with Crippen LogP contribution in [0.25, 0.3) is 65.7 Å². The summed E-state index contributed by atoms with van der Waals surface area (Å²) >= 11 is 0. The van der Waals surface area contributed by atoms with E-state index < -0.39 is 0 Å². The Morgan fingerprint density at radius 3 is 1.73 bits per heavy atom. The Morgan fingerprint density at radius 1 is 0.364 bits per heavy atom. The summed E-state index contributed by atoms with van der Waals surface area (Å²) in [4.78, 5) is 2.50. The van der Waals surface area contributed by atoms with Gasteiger partial charge in [-0.1, -0.05) is 167 Å². The summed E-state index contributed by atoms with van der Waals surface area (Å²) in [7, 11) is 0. The van der Waals surface area contributed by atoms with Crippen molar-refractivity contribution in [2.45, 2.75) is 38.5 Å². The minimum atomic E-state index is -0.0975. The Kier molecular flexibility index (Phi) is 6.72. The molecule has 2 aliphatic carbocycles. The van der Waals surface area contributed by atoms with Gasteiger partial charge in [0.05, 0.1) is 5.69 Å². The fourth-order valence-corrected chi connectivity index (χ4v) is 10.1. The Labute approximate surface area is 323 Å². The van der Waals surface area contributed by atoms with Gasteiger partial charge in [-0.15, -0.1) is 0 Å². The van der Waals surface area contributed by atoms with Crippen LogP contribution in [0.1, 0.15) is 49.9 Å². The van der Waals surface area contributed by atoms with Gasteiger partial charge in [0, 0.05) is 27.8 Å². The third-order valence-electron chi connectivity index (χ3n) is 12.8. The average molecular weight is 704 g/mol. The predicted octanol–water partition coefficient (Wildman–Crippen LogP) is 14.9. The Bertz CT molecular complexity index is 3020. The van der Waals surface area contributed by atoms with Crippen molar-refractivity contribution >= 4 is 49.4 Å². The molecular weight excluding hydrogens is 663 g/mol. The molecule has 11 rings (SSSR count). The van der Waals surface area contributed by atoms with E-state index in [1.807, 2.05) is 0 Å². The number of nitrogens with zero attached hydrogens (tertiary/aromatic N) is 1. The smallest absolute Gasteiger partial charge is 0.0543 e. The molecule has 0 atom stereocenters. The highest BCUT2D eigenvalue weighted by molar-refractivity contribution is 6.24. The van der Waals surface area contributed by atoms with Crippen molar-refractivity contribution in [1.82, 2.24) is 0 Å². The summed E-state index contributed by atoms with van der Waals surface area (Å²) in [6.07, 6.45) is 0. The molecule has 0 N–H and O–H groups in total. The highest BCUT2D eigenvalue weighted by Crippen LogP contribution is 2.56. The van der Waals surface area contributed by atoms with Gasteiger partial charge in [-0.25, -0.2) is 0 Å². The maximum absolute atomic E-state index is 2.50. The number of fused-ring (bicyclic) bond motifs is 11. The highest BCUT2D eigenvalue weighted by Gasteiger charge is 2.39. The van der Waals surface area contributed by atoms with Crippen LogP contribution in [0.5, 0.6) is 0 Å². The lowest BCUT2D eigenvalue weighted by Gasteiger charge is -2.30. The second kappa shape index (κ2) is 11.5. The van der Waals surface area contributed by atoms with Gasteiger partial charge in [0.25, 0.3) is 0 Å². The summed E-state index contributed by atoms with van der Waals surface area (Å²) in [6.45, 7) is 9.45. The van der Waals surface area contributed by atoms with Gasteiger partial charge >= 0.3 is 0 Å². The molecule has 9 aromatic rings. The van der Waals surface area contributed by atoms with E-state index in [1.165, 1.54) is 93.6 Å². The number of hydrogen-bond donors (Lipinski definition) is 0. The van der Waals surface area contributed by atoms with E-state index >= 15 is 0 Å². The molecule has 0 bridgehead atoms. The monoisotopic (exact) mass is 703 g/mol. The molecule has 0 radical (unpaired) electrons. The molecule has 0 heterocycles. The van der Waals surface area contributed by atoms with Crippen molar-refractivity contribution in [3.8, 4) is 33.4 Å². The lowest BCUT2D eigenvalue weighted by atomic mass is 9.82. The standard InChI is InChI=1S/C54H41N/c1-53(2)46-20-11-9-18-41(46)45-33-38(29-31-48(45)53)55(50-23-13-22-49-52(50)43-19-10-12-21-47(43)54(49,3)4)37-27-24-35(25-28-37)44-32-36-15-6-8-17-40(36)51-39-16-7-5-14-34(39)26-30-42(44)51/h5-33H,1-4H3. The molecule has 0 aliphatic heterocycles. The van der Waals surface area contributed by atoms with Crippen LogP contribution < -0.4 is 4.90 Å². The molecule has 55 heavy (non-hydrogen) atoms. The summed E-state index contributed by atoms with van der Waals surface area (Å²) in [5.74, 6) is 0. The molecule has 0 saturated carbocycles. The van der Waals surface area contributed by atoms with Crippen molar-refractivity contribution in [2.75, 3.05) is 4.90 Å². The Hall–Kier alpha value is -6.44. The van der Waals surface area contributed by atoms with Crippen LogP contribution >= 0.6 is 0 Å². The first-order chi connectivity index (χ1) is 26.8. The van der Waals surface area contributed by atoms with Crippen LogP contribution in [0.15, 0.2) is 176 Å². The first kappa shape index (κ1) is 32.0.